The number of likely N-dealkylation sites (tertiary alicyclic amines) is 2. The number of nitrogens with two attached hydrogens (primary N) is 3. The highest BCUT2D eigenvalue weighted by Crippen LogP contribution is 2.22. The molecule has 0 bridgehead atoms. The van der Waals surface area contributed by atoms with Crippen LogP contribution < -0.4 is 33.2 Å². The van der Waals surface area contributed by atoms with Crippen molar-refractivity contribution in [1.29, 1.82) is 0 Å². The Morgan fingerprint density at radius 2 is 1.33 bits per heavy atom. The number of aliphatic imine (C=N–C) groups is 1. The van der Waals surface area contributed by atoms with Crippen LogP contribution in [-0.2, 0) is 48.0 Å². The van der Waals surface area contributed by atoms with Gasteiger partial charge < -0.3 is 53.0 Å². The van der Waals surface area contributed by atoms with Crippen molar-refractivity contribution in [1.82, 2.24) is 35.7 Å². The summed E-state index contributed by atoms with van der Waals surface area (Å²) in [6, 6.07) is 11.6. The normalized spacial score (nSPS) is 18.4. The smallest absolute Gasteiger partial charge is 0.326 e. The van der Waals surface area contributed by atoms with Crippen LogP contribution in [0.15, 0.2) is 78.2 Å². The van der Waals surface area contributed by atoms with E-state index in [9.17, 15) is 33.9 Å². The molecule has 2 fully saturated rings. The van der Waals surface area contributed by atoms with E-state index in [1.807, 2.05) is 18.2 Å². The molecule has 310 valence electrons. The molecule has 2 saturated heterocycles. The first-order valence-corrected chi connectivity index (χ1v) is 19.5. The molecule has 5 rings (SSSR count). The average Bonchev–Trinajstić information content (AvgIpc) is 4.02. The van der Waals surface area contributed by atoms with E-state index < -0.39 is 71.8 Å². The maximum Gasteiger partial charge on any atom is 0.326 e. The summed E-state index contributed by atoms with van der Waals surface area (Å²) in [4.78, 5) is 95.5. The molecule has 0 radical (unpaired) electrons. The van der Waals surface area contributed by atoms with Gasteiger partial charge in [-0.3, -0.25) is 29.0 Å². The number of nitrogens with zero attached hydrogens (tertiary/aromatic N) is 4. The minimum Gasteiger partial charge on any atom is -0.480 e. The monoisotopic (exact) mass is 799 g/mol. The molecule has 58 heavy (non-hydrogen) atoms. The molecule has 0 aliphatic carbocycles. The zero-order chi connectivity index (χ0) is 41.6. The number of imidazole rings is 1. The van der Waals surface area contributed by atoms with Crippen molar-refractivity contribution in [3.63, 3.8) is 0 Å². The lowest BCUT2D eigenvalue weighted by Crippen LogP contribution is -2.59. The summed E-state index contributed by atoms with van der Waals surface area (Å²) >= 11 is 0. The predicted molar refractivity (Wildman–Crippen MR) is 213 cm³/mol. The van der Waals surface area contributed by atoms with E-state index in [4.69, 9.17) is 17.2 Å². The number of aliphatic carboxylic acids is 1. The number of carboxylic acids is 1. The first kappa shape index (κ1) is 42.8. The molecule has 18 nitrogen and oxygen atoms in total. The van der Waals surface area contributed by atoms with E-state index >= 15 is 0 Å². The van der Waals surface area contributed by atoms with Gasteiger partial charge in [-0.1, -0.05) is 60.7 Å². The molecule has 3 heterocycles. The minimum absolute atomic E-state index is 0.0147. The van der Waals surface area contributed by atoms with Crippen LogP contribution in [0, 0.1) is 0 Å². The van der Waals surface area contributed by atoms with Crippen molar-refractivity contribution in [3.05, 3.63) is 90.0 Å². The fourth-order valence-electron chi connectivity index (χ4n) is 7.40. The Kier molecular flexibility index (Phi) is 15.3. The maximum absolute atomic E-state index is 14.4. The number of carbonyl (C=O) groups is 6. The van der Waals surface area contributed by atoms with Gasteiger partial charge in [0, 0.05) is 50.8 Å². The first-order valence-electron chi connectivity index (χ1n) is 19.5. The van der Waals surface area contributed by atoms with E-state index in [1.165, 1.54) is 22.3 Å². The third kappa shape index (κ3) is 11.9. The van der Waals surface area contributed by atoms with E-state index in [0.717, 1.165) is 11.1 Å². The Labute approximate surface area is 336 Å². The molecule has 0 saturated carbocycles. The van der Waals surface area contributed by atoms with Crippen molar-refractivity contribution in [3.8, 4) is 0 Å². The highest BCUT2D eigenvalue weighted by molar-refractivity contribution is 5.97. The third-order valence-electron chi connectivity index (χ3n) is 10.4. The standard InChI is InChI=1S/C40H53N11O7/c41-28(14-7-17-45-40(42)43)37(55)50-18-8-15-32(50)35(53)47-29(20-25-10-3-1-4-11-25)34(52)48-30(22-27-23-44-24-46-27)38(56)51-19-9-16-33(51)36(54)49-31(39(57)58)21-26-12-5-2-6-13-26/h1-6,10-13,23-24,28-33H,7-9,14-22,41H2,(H,44,46)(H,47,53)(H,48,52)(H,49,54)(H,57,58)(H4,42,43,45)/t28-,29-,30-,31-,32-,33-/m0/s1. The quantitative estimate of drug-likeness (QED) is 0.0428. The summed E-state index contributed by atoms with van der Waals surface area (Å²) < 4.78 is 0. The Morgan fingerprint density at radius 3 is 1.86 bits per heavy atom. The van der Waals surface area contributed by atoms with Gasteiger partial charge in [0.15, 0.2) is 5.96 Å². The maximum atomic E-state index is 14.4. The zero-order valence-electron chi connectivity index (χ0n) is 32.3. The lowest BCUT2D eigenvalue weighted by molar-refractivity contribution is -0.145. The number of H-pyrrole nitrogens is 1. The third-order valence-corrected chi connectivity index (χ3v) is 10.4. The molecule has 2 aliphatic heterocycles. The second-order valence-corrected chi connectivity index (χ2v) is 14.6. The summed E-state index contributed by atoms with van der Waals surface area (Å²) in [6.45, 7) is 0.826. The molecule has 5 amide bonds. The van der Waals surface area contributed by atoms with Crippen molar-refractivity contribution >= 4 is 41.5 Å². The molecule has 3 aromatic rings. The summed E-state index contributed by atoms with van der Waals surface area (Å²) in [5.74, 6) is -4.02. The van der Waals surface area contributed by atoms with Crippen LogP contribution in [0.5, 0.6) is 0 Å². The van der Waals surface area contributed by atoms with Crippen LogP contribution in [-0.4, -0.2) is 122 Å². The summed E-state index contributed by atoms with van der Waals surface area (Å²) in [7, 11) is 0. The molecular weight excluding hydrogens is 747 g/mol. The summed E-state index contributed by atoms with van der Waals surface area (Å²) in [5.41, 5.74) is 19.0. The van der Waals surface area contributed by atoms with Crippen molar-refractivity contribution < 1.29 is 33.9 Å². The van der Waals surface area contributed by atoms with Crippen LogP contribution >= 0.6 is 0 Å². The highest BCUT2D eigenvalue weighted by Gasteiger charge is 2.41. The number of aromatic nitrogens is 2. The van der Waals surface area contributed by atoms with Crippen molar-refractivity contribution in [2.45, 2.75) is 94.0 Å². The molecule has 0 spiro atoms. The zero-order valence-corrected chi connectivity index (χ0v) is 32.3. The molecular formula is C40H53N11O7. The van der Waals surface area contributed by atoms with Crippen molar-refractivity contribution in [2.75, 3.05) is 19.6 Å². The molecule has 18 heteroatoms. The number of guanidine groups is 1. The fourth-order valence-corrected chi connectivity index (χ4v) is 7.40. The van der Waals surface area contributed by atoms with Crippen LogP contribution in [0.25, 0.3) is 0 Å². The number of carboxylic acid groups (broad SMARTS) is 1. The van der Waals surface area contributed by atoms with E-state index in [0.29, 0.717) is 57.3 Å². The Bertz CT molecular complexity index is 1890. The number of benzene rings is 2. The SMILES string of the molecule is NC(N)=NCCC[C@H](N)C(=O)N1CCC[C@H]1C(=O)N[C@@H](Cc1ccccc1)C(=O)N[C@@H](Cc1cnc[nH]1)C(=O)N1CCC[C@H]1C(=O)N[C@@H](Cc1ccccc1)C(=O)O. The van der Waals surface area contributed by atoms with Crippen LogP contribution in [0.1, 0.15) is 55.3 Å². The lowest BCUT2D eigenvalue weighted by Gasteiger charge is -2.31. The number of carbonyl (C=O) groups excluding carboxylic acids is 5. The molecule has 11 N–H and O–H groups in total. The molecule has 0 unspecified atom stereocenters. The number of rotatable bonds is 19. The fraction of sp³-hybridized carbons (Fsp3) is 0.450. The summed E-state index contributed by atoms with van der Waals surface area (Å²) in [5, 5.41) is 18.2. The second-order valence-electron chi connectivity index (χ2n) is 14.6. The topological polar surface area (TPSA) is 284 Å². The van der Waals surface area contributed by atoms with Gasteiger partial charge in [0.05, 0.1) is 12.4 Å². The van der Waals surface area contributed by atoms with Crippen LogP contribution in [0.3, 0.4) is 0 Å². The molecule has 2 aliphatic rings. The highest BCUT2D eigenvalue weighted by atomic mass is 16.4. The molecule has 1 aromatic heterocycles. The number of amides is 5. The van der Waals surface area contributed by atoms with Crippen LogP contribution in [0.2, 0.25) is 0 Å². The van der Waals surface area contributed by atoms with Gasteiger partial charge >= 0.3 is 5.97 Å². The van der Waals surface area contributed by atoms with Gasteiger partial charge in [0.25, 0.3) is 0 Å². The minimum atomic E-state index is -1.23. The van der Waals surface area contributed by atoms with Gasteiger partial charge in [-0.05, 0) is 49.7 Å². The van der Waals surface area contributed by atoms with E-state index in [2.05, 4.69) is 30.9 Å². The van der Waals surface area contributed by atoms with E-state index in [-0.39, 0.29) is 31.8 Å². The number of hydrogen-bond acceptors (Lipinski definition) is 9. The van der Waals surface area contributed by atoms with E-state index in [1.54, 1.807) is 42.5 Å². The van der Waals surface area contributed by atoms with Gasteiger partial charge in [-0.25, -0.2) is 9.78 Å². The predicted octanol–water partition coefficient (Wildman–Crippen LogP) is -0.660. The average molecular weight is 800 g/mol. The Hall–Kier alpha value is -6.30. The van der Waals surface area contributed by atoms with Crippen molar-refractivity contribution in [2.24, 2.45) is 22.2 Å². The number of aromatic amines is 1. The van der Waals surface area contributed by atoms with Gasteiger partial charge in [-0.2, -0.15) is 0 Å². The summed E-state index contributed by atoms with van der Waals surface area (Å²) in [6.07, 6.45) is 5.53. The van der Waals surface area contributed by atoms with Gasteiger partial charge in [0.1, 0.15) is 30.2 Å². The molecule has 2 aromatic carbocycles. The largest absolute Gasteiger partial charge is 0.480 e. The number of hydrogen-bond donors (Lipinski definition) is 8. The second kappa shape index (κ2) is 20.7. The number of nitrogens with one attached hydrogen (secondary N) is 4. The molecule has 6 atom stereocenters. The lowest BCUT2D eigenvalue weighted by atomic mass is 10.0. The Balaban J connectivity index is 1.31. The van der Waals surface area contributed by atoms with Gasteiger partial charge in [-0.15, -0.1) is 0 Å². The van der Waals surface area contributed by atoms with Gasteiger partial charge in [0.2, 0.25) is 29.5 Å². The Morgan fingerprint density at radius 1 is 0.776 bits per heavy atom. The first-order chi connectivity index (χ1) is 27.9. The van der Waals surface area contributed by atoms with Crippen LogP contribution in [0.4, 0.5) is 0 Å².